The Labute approximate surface area is 182 Å². The second-order valence-electron chi connectivity index (χ2n) is 6.66. The first-order valence-corrected chi connectivity index (χ1v) is 10.1. The molecule has 2 amide bonds. The highest BCUT2D eigenvalue weighted by Gasteiger charge is 2.12. The Morgan fingerprint density at radius 2 is 1.79 bits per heavy atom. The molecule has 6 nitrogen and oxygen atoms in total. The van der Waals surface area contributed by atoms with Crippen molar-refractivity contribution in [2.45, 2.75) is 20.8 Å². The van der Waals surface area contributed by atoms with Gasteiger partial charge in [0.1, 0.15) is 0 Å². The molecule has 0 spiro atoms. The number of halogens is 2. The number of anilines is 1. The van der Waals surface area contributed by atoms with Crippen LogP contribution < -0.4 is 10.6 Å². The standard InChI is InChI=1S/C21H20BrClN4O2/c1-12-4-9-18(17(23)10-12)25-19(28)11-24-21(29)15-5-7-16(8-6-15)27-14(3)20(22)13(2)26-27/h4-10H,11H2,1-3H3,(H,24,29)(H,25,28). The molecular formula is C21H20BrClN4O2. The number of aromatic nitrogens is 2. The Bertz CT molecular complexity index is 1080. The molecule has 8 heteroatoms. The molecule has 1 heterocycles. The summed E-state index contributed by atoms with van der Waals surface area (Å²) in [6.45, 7) is 5.64. The Hall–Kier alpha value is -2.64. The normalized spacial score (nSPS) is 10.7. The third-order valence-electron chi connectivity index (χ3n) is 4.39. The molecule has 2 N–H and O–H groups in total. The van der Waals surface area contributed by atoms with E-state index in [-0.39, 0.29) is 18.4 Å². The van der Waals surface area contributed by atoms with Gasteiger partial charge in [0.05, 0.1) is 38.8 Å². The molecule has 0 fully saturated rings. The molecule has 0 bridgehead atoms. The van der Waals surface area contributed by atoms with E-state index in [2.05, 4.69) is 31.7 Å². The maximum Gasteiger partial charge on any atom is 0.251 e. The molecule has 0 aliphatic rings. The van der Waals surface area contributed by atoms with Crippen molar-refractivity contribution in [1.29, 1.82) is 0 Å². The van der Waals surface area contributed by atoms with Crippen LogP contribution in [0.15, 0.2) is 46.9 Å². The minimum Gasteiger partial charge on any atom is -0.343 e. The van der Waals surface area contributed by atoms with Gasteiger partial charge < -0.3 is 10.6 Å². The number of amides is 2. The van der Waals surface area contributed by atoms with Crippen LogP contribution >= 0.6 is 27.5 Å². The highest BCUT2D eigenvalue weighted by Crippen LogP contribution is 2.23. The average Bonchev–Trinajstić information content (AvgIpc) is 2.96. The zero-order valence-corrected chi connectivity index (χ0v) is 18.6. The fraction of sp³-hybridized carbons (Fsp3) is 0.190. The minimum atomic E-state index is -0.354. The summed E-state index contributed by atoms with van der Waals surface area (Å²) in [7, 11) is 0. The number of carbonyl (C=O) groups is 2. The Morgan fingerprint density at radius 1 is 1.10 bits per heavy atom. The van der Waals surface area contributed by atoms with E-state index in [4.69, 9.17) is 11.6 Å². The Kier molecular flexibility index (Phi) is 6.39. The van der Waals surface area contributed by atoms with Gasteiger partial charge in [0.15, 0.2) is 0 Å². The van der Waals surface area contributed by atoms with Gasteiger partial charge in [-0.3, -0.25) is 9.59 Å². The van der Waals surface area contributed by atoms with E-state index < -0.39 is 0 Å². The number of hydrogen-bond donors (Lipinski definition) is 2. The summed E-state index contributed by atoms with van der Waals surface area (Å²) in [6, 6.07) is 12.4. The van der Waals surface area contributed by atoms with Crippen molar-refractivity contribution < 1.29 is 9.59 Å². The lowest BCUT2D eigenvalue weighted by molar-refractivity contribution is -0.115. The van der Waals surface area contributed by atoms with Crippen molar-refractivity contribution >= 4 is 45.0 Å². The number of hydrogen-bond acceptors (Lipinski definition) is 3. The lowest BCUT2D eigenvalue weighted by Gasteiger charge is -2.10. The van der Waals surface area contributed by atoms with Crippen LogP contribution in [-0.4, -0.2) is 28.1 Å². The van der Waals surface area contributed by atoms with E-state index in [0.29, 0.717) is 16.3 Å². The minimum absolute atomic E-state index is 0.158. The van der Waals surface area contributed by atoms with Crippen molar-refractivity contribution in [3.63, 3.8) is 0 Å². The van der Waals surface area contributed by atoms with E-state index in [9.17, 15) is 9.59 Å². The van der Waals surface area contributed by atoms with E-state index >= 15 is 0 Å². The van der Waals surface area contributed by atoms with Gasteiger partial charge in [0.25, 0.3) is 5.91 Å². The van der Waals surface area contributed by atoms with Crippen LogP contribution in [0.5, 0.6) is 0 Å². The van der Waals surface area contributed by atoms with E-state index in [1.54, 1.807) is 28.9 Å². The van der Waals surface area contributed by atoms with Crippen LogP contribution in [0.2, 0.25) is 5.02 Å². The Balaban J connectivity index is 1.60. The summed E-state index contributed by atoms with van der Waals surface area (Å²) in [5, 5.41) is 10.2. The fourth-order valence-corrected chi connectivity index (χ4v) is 3.34. The molecule has 0 aliphatic carbocycles. The van der Waals surface area contributed by atoms with Crippen molar-refractivity contribution in [1.82, 2.24) is 15.1 Å². The molecule has 150 valence electrons. The molecular weight excluding hydrogens is 456 g/mol. The molecule has 0 saturated carbocycles. The number of benzene rings is 2. The zero-order valence-electron chi connectivity index (χ0n) is 16.2. The lowest BCUT2D eigenvalue weighted by Crippen LogP contribution is -2.32. The number of nitrogens with one attached hydrogen (secondary N) is 2. The summed E-state index contributed by atoms with van der Waals surface area (Å²) >= 11 is 9.61. The molecule has 0 unspecified atom stereocenters. The van der Waals surface area contributed by atoms with Gasteiger partial charge in [-0.1, -0.05) is 17.7 Å². The van der Waals surface area contributed by atoms with Crippen LogP contribution in [0.3, 0.4) is 0 Å². The van der Waals surface area contributed by atoms with Gasteiger partial charge in [-0.05, 0) is 78.7 Å². The van der Waals surface area contributed by atoms with Crippen LogP contribution in [0.25, 0.3) is 5.69 Å². The monoisotopic (exact) mass is 474 g/mol. The number of aryl methyl sites for hydroxylation is 2. The maximum absolute atomic E-state index is 12.3. The van der Waals surface area contributed by atoms with Crippen molar-refractivity contribution in [2.75, 3.05) is 11.9 Å². The molecule has 0 saturated heterocycles. The summed E-state index contributed by atoms with van der Waals surface area (Å²) in [6.07, 6.45) is 0. The SMILES string of the molecule is Cc1ccc(NC(=O)CNC(=O)c2ccc(-n3nc(C)c(Br)c3C)cc2)c(Cl)c1. The average molecular weight is 476 g/mol. The molecule has 0 aliphatic heterocycles. The number of nitrogens with zero attached hydrogens (tertiary/aromatic N) is 2. The molecule has 0 atom stereocenters. The number of carbonyl (C=O) groups excluding carboxylic acids is 2. The van der Waals surface area contributed by atoms with E-state index in [0.717, 1.165) is 27.1 Å². The van der Waals surface area contributed by atoms with Crippen molar-refractivity contribution in [2.24, 2.45) is 0 Å². The third-order valence-corrected chi connectivity index (χ3v) is 5.85. The van der Waals surface area contributed by atoms with Gasteiger partial charge in [-0.25, -0.2) is 4.68 Å². The first-order valence-electron chi connectivity index (χ1n) is 8.92. The first kappa shape index (κ1) is 21.1. The summed E-state index contributed by atoms with van der Waals surface area (Å²) < 4.78 is 2.76. The van der Waals surface area contributed by atoms with Gasteiger partial charge in [-0.15, -0.1) is 0 Å². The van der Waals surface area contributed by atoms with Crippen LogP contribution in [0.1, 0.15) is 27.3 Å². The summed E-state index contributed by atoms with van der Waals surface area (Å²) in [5.41, 5.74) is 4.68. The topological polar surface area (TPSA) is 76.0 Å². The van der Waals surface area contributed by atoms with E-state index in [1.807, 2.05) is 39.0 Å². The lowest BCUT2D eigenvalue weighted by atomic mass is 10.2. The quantitative estimate of drug-likeness (QED) is 0.567. The van der Waals surface area contributed by atoms with Crippen molar-refractivity contribution in [3.05, 3.63) is 74.5 Å². The van der Waals surface area contributed by atoms with E-state index in [1.165, 1.54) is 0 Å². The summed E-state index contributed by atoms with van der Waals surface area (Å²) in [4.78, 5) is 24.4. The smallest absolute Gasteiger partial charge is 0.251 e. The van der Waals surface area contributed by atoms with Crippen molar-refractivity contribution in [3.8, 4) is 5.69 Å². The summed E-state index contributed by atoms with van der Waals surface area (Å²) in [5.74, 6) is -0.690. The molecule has 2 aromatic carbocycles. The predicted octanol–water partition coefficient (Wildman–Crippen LogP) is 4.58. The molecule has 0 radical (unpaired) electrons. The highest BCUT2D eigenvalue weighted by atomic mass is 79.9. The van der Waals surface area contributed by atoms with Gasteiger partial charge in [0, 0.05) is 5.56 Å². The maximum atomic E-state index is 12.3. The Morgan fingerprint density at radius 3 is 2.38 bits per heavy atom. The van der Waals surface area contributed by atoms with Crippen LogP contribution in [0, 0.1) is 20.8 Å². The second-order valence-corrected chi connectivity index (χ2v) is 7.86. The van der Waals surface area contributed by atoms with Crippen LogP contribution in [0.4, 0.5) is 5.69 Å². The first-order chi connectivity index (χ1) is 13.8. The molecule has 3 rings (SSSR count). The number of rotatable bonds is 5. The molecule has 29 heavy (non-hydrogen) atoms. The van der Waals surface area contributed by atoms with Gasteiger partial charge >= 0.3 is 0 Å². The fourth-order valence-electron chi connectivity index (χ4n) is 2.81. The zero-order chi connectivity index (χ0) is 21.1. The third kappa shape index (κ3) is 4.86. The van der Waals surface area contributed by atoms with Crippen LogP contribution in [-0.2, 0) is 4.79 Å². The largest absolute Gasteiger partial charge is 0.343 e. The predicted molar refractivity (Wildman–Crippen MR) is 118 cm³/mol. The second kappa shape index (κ2) is 8.80. The van der Waals surface area contributed by atoms with Gasteiger partial charge in [0.2, 0.25) is 5.91 Å². The van der Waals surface area contributed by atoms with Gasteiger partial charge in [-0.2, -0.15) is 5.10 Å². The highest BCUT2D eigenvalue weighted by molar-refractivity contribution is 9.10. The molecule has 3 aromatic rings. The molecule has 1 aromatic heterocycles.